The summed E-state index contributed by atoms with van der Waals surface area (Å²) in [5, 5.41) is 2.95. The lowest BCUT2D eigenvalue weighted by Crippen LogP contribution is -2.56. The van der Waals surface area contributed by atoms with Gasteiger partial charge in [0.1, 0.15) is 17.3 Å². The minimum absolute atomic E-state index is 0.0418. The number of carbonyl (C=O) groups excluding carboxylic acids is 3. The molecule has 2 aliphatic rings. The van der Waals surface area contributed by atoms with Crippen molar-refractivity contribution in [2.75, 3.05) is 39.8 Å². The lowest BCUT2D eigenvalue weighted by Gasteiger charge is -2.42. The van der Waals surface area contributed by atoms with Gasteiger partial charge in [0, 0.05) is 45.0 Å². The van der Waals surface area contributed by atoms with Gasteiger partial charge in [-0.25, -0.2) is 14.0 Å². The second-order valence-electron chi connectivity index (χ2n) is 10.6. The molecule has 43 heavy (non-hydrogen) atoms. The van der Waals surface area contributed by atoms with Gasteiger partial charge in [-0.2, -0.15) is 0 Å². The zero-order chi connectivity index (χ0) is 30.5. The van der Waals surface area contributed by atoms with E-state index in [9.17, 15) is 18.8 Å². The van der Waals surface area contributed by atoms with Crippen molar-refractivity contribution in [3.05, 3.63) is 107 Å². The van der Waals surface area contributed by atoms with E-state index in [-0.39, 0.29) is 36.7 Å². The highest BCUT2D eigenvalue weighted by molar-refractivity contribution is 5.95. The quantitative estimate of drug-likeness (QED) is 0.375. The molecule has 0 bridgehead atoms. The van der Waals surface area contributed by atoms with E-state index < -0.39 is 17.8 Å². The zero-order valence-electron chi connectivity index (χ0n) is 24.5. The van der Waals surface area contributed by atoms with Crippen LogP contribution in [-0.2, 0) is 9.53 Å². The number of esters is 1. The van der Waals surface area contributed by atoms with Gasteiger partial charge in [0.15, 0.2) is 0 Å². The van der Waals surface area contributed by atoms with Crippen LogP contribution in [0.1, 0.15) is 35.8 Å². The normalized spacial score (nSPS) is 19.2. The molecule has 5 rings (SSSR count). The Morgan fingerprint density at radius 1 is 0.977 bits per heavy atom. The van der Waals surface area contributed by atoms with Gasteiger partial charge >= 0.3 is 12.0 Å². The Bertz CT molecular complexity index is 1530. The van der Waals surface area contributed by atoms with Gasteiger partial charge in [0.2, 0.25) is 0 Å². The molecular weight excluding hydrogens is 551 g/mol. The predicted molar refractivity (Wildman–Crippen MR) is 159 cm³/mol. The summed E-state index contributed by atoms with van der Waals surface area (Å²) in [5.41, 5.74) is 1.56. The maximum Gasteiger partial charge on any atom is 0.338 e. The standard InChI is InChI=1S/C33H35FN4O5/c1-4-42-32(40)29-28(21-37-17-18-38(22(2)20-37)31(39)26-15-8-9-16-27(26)34)36(3)33(41)35-30(29)23-11-10-14-25(19-23)43-24-12-6-5-7-13-24/h5-16,19,22,30H,4,17-18,20-21H2,1-3H3,(H,35,41). The van der Waals surface area contributed by atoms with Crippen molar-refractivity contribution < 1.29 is 28.2 Å². The third-order valence-corrected chi connectivity index (χ3v) is 7.69. The number of ether oxygens (including phenoxy) is 2. The molecule has 0 saturated carbocycles. The first-order chi connectivity index (χ1) is 20.8. The smallest absolute Gasteiger partial charge is 0.338 e. The molecule has 1 fully saturated rings. The number of piperazine rings is 1. The summed E-state index contributed by atoms with van der Waals surface area (Å²) >= 11 is 0. The average molecular weight is 587 g/mol. The van der Waals surface area contributed by atoms with Gasteiger partial charge in [0.25, 0.3) is 5.91 Å². The number of rotatable bonds is 8. The van der Waals surface area contributed by atoms with Crippen LogP contribution in [0.15, 0.2) is 90.1 Å². The summed E-state index contributed by atoms with van der Waals surface area (Å²) in [7, 11) is 1.62. The number of para-hydroxylation sites is 1. The molecule has 3 aromatic rings. The highest BCUT2D eigenvalue weighted by Crippen LogP contribution is 2.34. The number of urea groups is 1. The largest absolute Gasteiger partial charge is 0.463 e. The van der Waals surface area contributed by atoms with Gasteiger partial charge in [-0.05, 0) is 55.8 Å². The Morgan fingerprint density at radius 2 is 1.70 bits per heavy atom. The van der Waals surface area contributed by atoms with Crippen LogP contribution in [0.4, 0.5) is 9.18 Å². The van der Waals surface area contributed by atoms with E-state index in [1.165, 1.54) is 17.0 Å². The molecule has 2 unspecified atom stereocenters. The number of halogens is 1. The molecular formula is C33H35FN4O5. The number of likely N-dealkylation sites (N-methyl/N-ethyl adjacent to an activating group) is 1. The van der Waals surface area contributed by atoms with Gasteiger partial charge in [-0.15, -0.1) is 0 Å². The SMILES string of the molecule is CCOC(=O)C1=C(CN2CCN(C(=O)c3ccccc3F)C(C)C2)N(C)C(=O)NC1c1cccc(Oc2ccccc2)c1. The molecule has 0 spiro atoms. The zero-order valence-corrected chi connectivity index (χ0v) is 24.5. The second kappa shape index (κ2) is 13.1. The van der Waals surface area contributed by atoms with Crippen molar-refractivity contribution in [2.45, 2.75) is 25.9 Å². The summed E-state index contributed by atoms with van der Waals surface area (Å²) in [6.45, 7) is 5.41. The highest BCUT2D eigenvalue weighted by Gasteiger charge is 2.38. The van der Waals surface area contributed by atoms with E-state index in [1.807, 2.05) is 55.5 Å². The fourth-order valence-electron chi connectivity index (χ4n) is 5.51. The van der Waals surface area contributed by atoms with Crippen LogP contribution in [0, 0.1) is 5.82 Å². The third-order valence-electron chi connectivity index (χ3n) is 7.69. The third kappa shape index (κ3) is 6.54. The van der Waals surface area contributed by atoms with Crippen LogP contribution in [0.25, 0.3) is 0 Å². The lowest BCUT2D eigenvalue weighted by atomic mass is 9.94. The van der Waals surface area contributed by atoms with Crippen molar-refractivity contribution >= 4 is 17.9 Å². The monoisotopic (exact) mass is 586 g/mol. The summed E-state index contributed by atoms with van der Waals surface area (Å²) in [6.07, 6.45) is 0. The van der Waals surface area contributed by atoms with Gasteiger partial charge in [-0.1, -0.05) is 42.5 Å². The summed E-state index contributed by atoms with van der Waals surface area (Å²) in [5.74, 6) is -0.208. The van der Waals surface area contributed by atoms with E-state index in [0.717, 1.165) is 0 Å². The summed E-state index contributed by atoms with van der Waals surface area (Å²) in [4.78, 5) is 45.0. The second-order valence-corrected chi connectivity index (χ2v) is 10.6. The Kier molecular flexibility index (Phi) is 9.06. The van der Waals surface area contributed by atoms with Gasteiger partial charge < -0.3 is 19.7 Å². The van der Waals surface area contributed by atoms with Crippen molar-refractivity contribution in [1.29, 1.82) is 0 Å². The van der Waals surface area contributed by atoms with Crippen molar-refractivity contribution in [3.8, 4) is 11.5 Å². The number of nitrogens with one attached hydrogen (secondary N) is 1. The van der Waals surface area contributed by atoms with Gasteiger partial charge in [0.05, 0.1) is 23.8 Å². The Morgan fingerprint density at radius 3 is 2.42 bits per heavy atom. The first-order valence-electron chi connectivity index (χ1n) is 14.3. The van der Waals surface area contributed by atoms with Crippen LogP contribution in [0.2, 0.25) is 0 Å². The molecule has 0 aliphatic carbocycles. The molecule has 224 valence electrons. The number of nitrogens with zero attached hydrogens (tertiary/aromatic N) is 3. The van der Waals surface area contributed by atoms with Crippen LogP contribution in [-0.4, -0.2) is 78.5 Å². The number of carbonyl (C=O) groups is 3. The fourth-order valence-corrected chi connectivity index (χ4v) is 5.51. The molecule has 2 heterocycles. The minimum atomic E-state index is -0.765. The predicted octanol–water partition coefficient (Wildman–Crippen LogP) is 4.98. The highest BCUT2D eigenvalue weighted by atomic mass is 19.1. The van der Waals surface area contributed by atoms with Crippen LogP contribution in [0.3, 0.4) is 0 Å². The molecule has 2 atom stereocenters. The first-order valence-corrected chi connectivity index (χ1v) is 14.3. The van der Waals surface area contributed by atoms with E-state index >= 15 is 0 Å². The Balaban J connectivity index is 1.42. The minimum Gasteiger partial charge on any atom is -0.463 e. The molecule has 3 amide bonds. The average Bonchev–Trinajstić information content (AvgIpc) is 3.00. The molecule has 0 radical (unpaired) electrons. The van der Waals surface area contributed by atoms with E-state index in [0.29, 0.717) is 48.0 Å². The summed E-state index contributed by atoms with van der Waals surface area (Å²) < 4.78 is 25.8. The molecule has 3 aromatic carbocycles. The van der Waals surface area contributed by atoms with Crippen molar-refractivity contribution in [1.82, 2.24) is 20.0 Å². The topological polar surface area (TPSA) is 91.4 Å². The van der Waals surface area contributed by atoms with Crippen molar-refractivity contribution in [3.63, 3.8) is 0 Å². The molecule has 10 heteroatoms. The number of hydrogen-bond donors (Lipinski definition) is 1. The molecule has 1 saturated heterocycles. The Hall–Kier alpha value is -4.70. The number of amides is 3. The molecule has 1 N–H and O–H groups in total. The van der Waals surface area contributed by atoms with E-state index in [2.05, 4.69) is 10.2 Å². The van der Waals surface area contributed by atoms with Gasteiger partial charge in [-0.3, -0.25) is 14.6 Å². The first kappa shape index (κ1) is 29.8. The molecule has 0 aromatic heterocycles. The number of benzene rings is 3. The van der Waals surface area contributed by atoms with Crippen LogP contribution < -0.4 is 10.1 Å². The maximum absolute atomic E-state index is 14.3. The van der Waals surface area contributed by atoms with E-state index in [1.54, 1.807) is 37.1 Å². The lowest BCUT2D eigenvalue weighted by molar-refractivity contribution is -0.139. The molecule has 9 nitrogen and oxygen atoms in total. The van der Waals surface area contributed by atoms with Crippen LogP contribution >= 0.6 is 0 Å². The van der Waals surface area contributed by atoms with E-state index in [4.69, 9.17) is 9.47 Å². The van der Waals surface area contributed by atoms with Crippen molar-refractivity contribution in [2.24, 2.45) is 0 Å². The number of hydrogen-bond acceptors (Lipinski definition) is 6. The maximum atomic E-state index is 14.3. The van der Waals surface area contributed by atoms with Crippen LogP contribution in [0.5, 0.6) is 11.5 Å². The molecule has 2 aliphatic heterocycles. The summed E-state index contributed by atoms with van der Waals surface area (Å²) in [6, 6.07) is 21.2. The Labute approximate surface area is 250 Å². The fraction of sp³-hybridized carbons (Fsp3) is 0.303.